The molecule has 7 nitrogen and oxygen atoms in total. The molecular formula is C23H36IN5O2. The van der Waals surface area contributed by atoms with Crippen molar-refractivity contribution < 1.29 is 9.47 Å². The summed E-state index contributed by atoms with van der Waals surface area (Å²) in [5.74, 6) is 2.62. The highest BCUT2D eigenvalue weighted by atomic mass is 127. The molecule has 1 aliphatic heterocycles. The van der Waals surface area contributed by atoms with Crippen LogP contribution in [0.3, 0.4) is 0 Å². The smallest absolute Gasteiger partial charge is 0.193 e. The minimum atomic E-state index is 0. The average molecular weight is 541 g/mol. The second-order valence-corrected chi connectivity index (χ2v) is 7.61. The van der Waals surface area contributed by atoms with Crippen molar-refractivity contribution in [3.8, 4) is 0 Å². The highest BCUT2D eigenvalue weighted by Gasteiger charge is 2.24. The number of nitrogens with zero attached hydrogens (tertiary/aromatic N) is 4. The molecule has 0 amide bonds. The normalized spacial score (nSPS) is 16.4. The quantitative estimate of drug-likeness (QED) is 0.205. The van der Waals surface area contributed by atoms with Crippen LogP contribution in [0.15, 0.2) is 47.7 Å². The summed E-state index contributed by atoms with van der Waals surface area (Å²) in [5, 5.41) is 3.44. The van der Waals surface area contributed by atoms with E-state index in [4.69, 9.17) is 14.5 Å². The number of rotatable bonds is 11. The van der Waals surface area contributed by atoms with Crippen LogP contribution < -0.4 is 5.32 Å². The van der Waals surface area contributed by atoms with Gasteiger partial charge in [0.05, 0.1) is 19.8 Å². The van der Waals surface area contributed by atoms with Crippen molar-refractivity contribution in [2.24, 2.45) is 10.9 Å². The molecule has 2 aromatic rings. The van der Waals surface area contributed by atoms with E-state index in [1.807, 2.05) is 18.5 Å². The first-order chi connectivity index (χ1) is 14.8. The molecule has 31 heavy (non-hydrogen) atoms. The van der Waals surface area contributed by atoms with Crippen molar-refractivity contribution >= 4 is 29.9 Å². The number of nitrogens with one attached hydrogen (secondary N) is 1. The highest BCUT2D eigenvalue weighted by Crippen LogP contribution is 2.17. The van der Waals surface area contributed by atoms with Crippen LogP contribution in [0, 0.1) is 5.92 Å². The Morgan fingerprint density at radius 3 is 2.87 bits per heavy atom. The first-order valence-electron chi connectivity index (χ1n) is 10.9. The van der Waals surface area contributed by atoms with E-state index in [1.165, 1.54) is 5.56 Å². The van der Waals surface area contributed by atoms with Crippen LogP contribution in [-0.4, -0.2) is 73.5 Å². The lowest BCUT2D eigenvalue weighted by molar-refractivity contribution is 0.0536. The Bertz CT molecular complexity index is 768. The predicted molar refractivity (Wildman–Crippen MR) is 135 cm³/mol. The fourth-order valence-electron chi connectivity index (χ4n) is 3.73. The Morgan fingerprint density at radius 2 is 2.10 bits per heavy atom. The third-order valence-corrected chi connectivity index (χ3v) is 5.30. The third kappa shape index (κ3) is 8.42. The van der Waals surface area contributed by atoms with Gasteiger partial charge in [-0.1, -0.05) is 30.3 Å². The molecule has 1 aliphatic rings. The van der Waals surface area contributed by atoms with E-state index in [2.05, 4.69) is 51.0 Å². The van der Waals surface area contributed by atoms with Crippen LogP contribution in [-0.2, 0) is 22.4 Å². The first kappa shape index (κ1) is 25.6. The second-order valence-electron chi connectivity index (χ2n) is 7.61. The summed E-state index contributed by atoms with van der Waals surface area (Å²) in [7, 11) is 1.70. The van der Waals surface area contributed by atoms with Crippen LogP contribution >= 0.6 is 24.0 Å². The molecule has 0 radical (unpaired) electrons. The Morgan fingerprint density at radius 1 is 1.26 bits per heavy atom. The number of aliphatic imine (C=N–C) groups is 1. The highest BCUT2D eigenvalue weighted by molar-refractivity contribution is 14.0. The molecule has 0 aliphatic carbocycles. The lowest BCUT2D eigenvalue weighted by atomic mass is 10.1. The Labute approximate surface area is 203 Å². The molecule has 1 atom stereocenters. The Kier molecular flexibility index (Phi) is 11.9. The minimum Gasteiger partial charge on any atom is -0.382 e. The van der Waals surface area contributed by atoms with Gasteiger partial charge in [0.25, 0.3) is 0 Å². The van der Waals surface area contributed by atoms with Gasteiger partial charge in [-0.05, 0) is 18.9 Å². The van der Waals surface area contributed by atoms with E-state index in [1.54, 1.807) is 7.11 Å². The van der Waals surface area contributed by atoms with Gasteiger partial charge < -0.3 is 24.3 Å². The van der Waals surface area contributed by atoms with Crippen LogP contribution in [0.5, 0.6) is 0 Å². The number of benzene rings is 1. The van der Waals surface area contributed by atoms with Crippen molar-refractivity contribution in [1.29, 1.82) is 0 Å². The molecule has 1 unspecified atom stereocenters. The molecule has 1 aromatic carbocycles. The Balaban J connectivity index is 0.00000341. The summed E-state index contributed by atoms with van der Waals surface area (Å²) in [4.78, 5) is 11.8. The van der Waals surface area contributed by atoms with E-state index in [-0.39, 0.29) is 24.0 Å². The summed E-state index contributed by atoms with van der Waals surface area (Å²) in [6.45, 7) is 8.66. The maximum absolute atomic E-state index is 5.72. The second kappa shape index (κ2) is 14.4. The molecule has 8 heteroatoms. The fourth-order valence-corrected chi connectivity index (χ4v) is 3.73. The van der Waals surface area contributed by atoms with Crippen molar-refractivity contribution in [2.75, 3.05) is 53.1 Å². The monoisotopic (exact) mass is 541 g/mol. The van der Waals surface area contributed by atoms with Crippen molar-refractivity contribution in [1.82, 2.24) is 19.8 Å². The zero-order valence-electron chi connectivity index (χ0n) is 18.7. The zero-order chi connectivity index (χ0) is 21.0. The Hall–Kier alpha value is -1.65. The van der Waals surface area contributed by atoms with Gasteiger partial charge in [-0.15, -0.1) is 24.0 Å². The maximum Gasteiger partial charge on any atom is 0.193 e. The number of likely N-dealkylation sites (tertiary alicyclic amines) is 1. The van der Waals surface area contributed by atoms with Crippen molar-refractivity contribution in [2.45, 2.75) is 26.3 Å². The molecule has 172 valence electrons. The number of hydrogen-bond acceptors (Lipinski definition) is 4. The van der Waals surface area contributed by atoms with Gasteiger partial charge in [0.2, 0.25) is 0 Å². The number of methoxy groups -OCH3 is 1. The van der Waals surface area contributed by atoms with Crippen LogP contribution in [0.4, 0.5) is 0 Å². The molecule has 3 rings (SSSR count). The van der Waals surface area contributed by atoms with Crippen LogP contribution in [0.2, 0.25) is 0 Å². The number of hydrogen-bond donors (Lipinski definition) is 1. The van der Waals surface area contributed by atoms with Gasteiger partial charge in [-0.25, -0.2) is 4.98 Å². The molecule has 1 fully saturated rings. The summed E-state index contributed by atoms with van der Waals surface area (Å²) >= 11 is 0. The SMILES string of the molecule is CCNC(=NCCc1nccn1Cc1ccccc1)N1CCC(COCCOC)C1.I. The standard InChI is InChI=1S/C23H35N5O2.HI/c1-3-24-23(28-13-10-21(18-28)19-30-16-15-29-2)26-11-9-22-25-12-14-27(22)17-20-7-5-4-6-8-20;/h4-8,12,14,21H,3,9-11,13,15-19H2,1-2H3,(H,24,26);1H. The number of halogens is 1. The maximum atomic E-state index is 5.72. The van der Waals surface area contributed by atoms with Crippen LogP contribution in [0.1, 0.15) is 24.7 Å². The summed E-state index contributed by atoms with van der Waals surface area (Å²) < 4.78 is 13.0. The van der Waals surface area contributed by atoms with E-state index in [9.17, 15) is 0 Å². The summed E-state index contributed by atoms with van der Waals surface area (Å²) in [5.41, 5.74) is 1.28. The van der Waals surface area contributed by atoms with Crippen molar-refractivity contribution in [3.63, 3.8) is 0 Å². The van der Waals surface area contributed by atoms with Gasteiger partial charge in [0.15, 0.2) is 5.96 Å². The van der Waals surface area contributed by atoms with Gasteiger partial charge >= 0.3 is 0 Å². The third-order valence-electron chi connectivity index (χ3n) is 5.30. The topological polar surface area (TPSA) is 63.9 Å². The van der Waals surface area contributed by atoms with Gasteiger partial charge in [-0.2, -0.15) is 0 Å². The minimum absolute atomic E-state index is 0. The van der Waals surface area contributed by atoms with Crippen molar-refractivity contribution in [3.05, 3.63) is 54.1 Å². The molecular weight excluding hydrogens is 505 g/mol. The average Bonchev–Trinajstić information content (AvgIpc) is 3.41. The van der Waals surface area contributed by atoms with E-state index in [0.29, 0.717) is 19.1 Å². The van der Waals surface area contributed by atoms with E-state index < -0.39 is 0 Å². The number of aromatic nitrogens is 2. The van der Waals surface area contributed by atoms with E-state index in [0.717, 1.165) is 64.0 Å². The van der Waals surface area contributed by atoms with E-state index >= 15 is 0 Å². The fraction of sp³-hybridized carbons (Fsp3) is 0.565. The van der Waals surface area contributed by atoms with Gasteiger partial charge in [0, 0.05) is 64.6 Å². The number of guanidine groups is 1. The molecule has 1 aromatic heterocycles. The van der Waals surface area contributed by atoms with Gasteiger partial charge in [-0.3, -0.25) is 4.99 Å². The predicted octanol–water partition coefficient (Wildman–Crippen LogP) is 3.04. The zero-order valence-corrected chi connectivity index (χ0v) is 21.0. The van der Waals surface area contributed by atoms with Gasteiger partial charge in [0.1, 0.15) is 5.82 Å². The summed E-state index contributed by atoms with van der Waals surface area (Å²) in [6.07, 6.45) is 5.89. The molecule has 0 saturated carbocycles. The number of ether oxygens (including phenoxy) is 2. The molecule has 0 spiro atoms. The lowest BCUT2D eigenvalue weighted by Crippen LogP contribution is -2.40. The molecule has 1 saturated heterocycles. The van der Waals surface area contributed by atoms with Crippen LogP contribution in [0.25, 0.3) is 0 Å². The summed E-state index contributed by atoms with van der Waals surface area (Å²) in [6, 6.07) is 10.5. The molecule has 0 bridgehead atoms. The lowest BCUT2D eigenvalue weighted by Gasteiger charge is -2.21. The largest absolute Gasteiger partial charge is 0.382 e. The first-order valence-corrected chi connectivity index (χ1v) is 10.9. The number of imidazole rings is 1. The molecule has 2 heterocycles. The molecule has 1 N–H and O–H groups in total.